The van der Waals surface area contributed by atoms with Gasteiger partial charge < -0.3 is 0 Å². The molecular weight excluding hydrogens is 234 g/mol. The SMILES string of the molecule is CCCCCc1nc2cc(CC)cc(Cl)n2n1. The largest absolute Gasteiger partial charge is 0.212 e. The van der Waals surface area contributed by atoms with Crippen molar-refractivity contribution < 1.29 is 0 Å². The van der Waals surface area contributed by atoms with E-state index in [0.717, 1.165) is 30.7 Å². The fourth-order valence-electron chi connectivity index (χ4n) is 1.88. The van der Waals surface area contributed by atoms with Crippen molar-refractivity contribution >= 4 is 17.2 Å². The number of hydrogen-bond donors (Lipinski definition) is 0. The van der Waals surface area contributed by atoms with Gasteiger partial charge in [-0.25, -0.2) is 9.50 Å². The molecule has 0 amide bonds. The van der Waals surface area contributed by atoms with Gasteiger partial charge in [0, 0.05) is 6.42 Å². The Bertz CT molecular complexity index is 505. The average Bonchev–Trinajstić information content (AvgIpc) is 2.72. The molecular formula is C13H18ClN3. The van der Waals surface area contributed by atoms with Gasteiger partial charge in [-0.15, -0.1) is 5.10 Å². The van der Waals surface area contributed by atoms with Crippen LogP contribution in [0.2, 0.25) is 5.15 Å². The third kappa shape index (κ3) is 2.78. The Morgan fingerprint density at radius 1 is 1.24 bits per heavy atom. The Morgan fingerprint density at radius 2 is 2.06 bits per heavy atom. The van der Waals surface area contributed by atoms with E-state index in [4.69, 9.17) is 11.6 Å². The molecule has 2 aromatic heterocycles. The molecule has 4 heteroatoms. The van der Waals surface area contributed by atoms with Crippen molar-refractivity contribution in [2.24, 2.45) is 0 Å². The second kappa shape index (κ2) is 5.50. The molecule has 0 aliphatic carbocycles. The third-order valence-corrected chi connectivity index (χ3v) is 3.18. The summed E-state index contributed by atoms with van der Waals surface area (Å²) in [6.45, 7) is 4.31. The lowest BCUT2D eigenvalue weighted by Gasteiger charge is -1.99. The van der Waals surface area contributed by atoms with Gasteiger partial charge in [0.1, 0.15) is 5.15 Å². The molecule has 0 aliphatic rings. The summed E-state index contributed by atoms with van der Waals surface area (Å²) < 4.78 is 1.72. The first-order valence-corrected chi connectivity index (χ1v) is 6.66. The van der Waals surface area contributed by atoms with Crippen molar-refractivity contribution in [3.05, 3.63) is 28.7 Å². The van der Waals surface area contributed by atoms with Crippen LogP contribution >= 0.6 is 11.6 Å². The van der Waals surface area contributed by atoms with Crippen LogP contribution in [0.1, 0.15) is 44.5 Å². The summed E-state index contributed by atoms with van der Waals surface area (Å²) in [7, 11) is 0. The van der Waals surface area contributed by atoms with E-state index >= 15 is 0 Å². The van der Waals surface area contributed by atoms with Crippen molar-refractivity contribution in [2.45, 2.75) is 46.0 Å². The Balaban J connectivity index is 2.26. The number of nitrogens with zero attached hydrogens (tertiary/aromatic N) is 3. The smallest absolute Gasteiger partial charge is 0.157 e. The van der Waals surface area contributed by atoms with Crippen LogP contribution in [0.4, 0.5) is 0 Å². The van der Waals surface area contributed by atoms with Crippen LogP contribution in [-0.4, -0.2) is 14.6 Å². The van der Waals surface area contributed by atoms with E-state index in [-0.39, 0.29) is 0 Å². The predicted molar refractivity (Wildman–Crippen MR) is 70.6 cm³/mol. The van der Waals surface area contributed by atoms with E-state index in [1.807, 2.05) is 6.07 Å². The zero-order valence-corrected chi connectivity index (χ0v) is 11.2. The third-order valence-electron chi connectivity index (χ3n) is 2.91. The van der Waals surface area contributed by atoms with Gasteiger partial charge in [-0.3, -0.25) is 0 Å². The summed E-state index contributed by atoms with van der Waals surface area (Å²) in [5.41, 5.74) is 2.07. The van der Waals surface area contributed by atoms with Gasteiger partial charge in [0.25, 0.3) is 0 Å². The molecule has 17 heavy (non-hydrogen) atoms. The number of halogens is 1. The fourth-order valence-corrected chi connectivity index (χ4v) is 2.15. The maximum Gasteiger partial charge on any atom is 0.157 e. The maximum atomic E-state index is 6.18. The summed E-state index contributed by atoms with van der Waals surface area (Å²) in [5, 5.41) is 5.08. The number of fused-ring (bicyclic) bond motifs is 1. The van der Waals surface area contributed by atoms with Crippen LogP contribution < -0.4 is 0 Å². The van der Waals surface area contributed by atoms with Crippen LogP contribution in [0.15, 0.2) is 12.1 Å². The minimum absolute atomic E-state index is 0.647. The quantitative estimate of drug-likeness (QED) is 0.599. The van der Waals surface area contributed by atoms with Crippen molar-refractivity contribution in [2.75, 3.05) is 0 Å². The highest BCUT2D eigenvalue weighted by molar-refractivity contribution is 6.29. The van der Waals surface area contributed by atoms with Crippen molar-refractivity contribution in [3.8, 4) is 0 Å². The summed E-state index contributed by atoms with van der Waals surface area (Å²) in [6, 6.07) is 4.02. The molecule has 0 saturated heterocycles. The molecule has 0 fully saturated rings. The predicted octanol–water partition coefficient (Wildman–Crippen LogP) is 3.68. The fraction of sp³-hybridized carbons (Fsp3) is 0.538. The van der Waals surface area contributed by atoms with Gasteiger partial charge in [0.05, 0.1) is 0 Å². The summed E-state index contributed by atoms with van der Waals surface area (Å²) >= 11 is 6.18. The molecule has 0 unspecified atom stereocenters. The molecule has 0 saturated carbocycles. The monoisotopic (exact) mass is 251 g/mol. The first kappa shape index (κ1) is 12.4. The van der Waals surface area contributed by atoms with E-state index in [0.29, 0.717) is 5.15 Å². The molecule has 0 atom stereocenters. The minimum Gasteiger partial charge on any atom is -0.212 e. The Morgan fingerprint density at radius 3 is 2.76 bits per heavy atom. The van der Waals surface area contributed by atoms with Gasteiger partial charge in [-0.1, -0.05) is 38.3 Å². The van der Waals surface area contributed by atoms with Gasteiger partial charge in [-0.05, 0) is 30.5 Å². The average molecular weight is 252 g/mol. The van der Waals surface area contributed by atoms with Crippen molar-refractivity contribution in [3.63, 3.8) is 0 Å². The highest BCUT2D eigenvalue weighted by Crippen LogP contribution is 2.16. The zero-order chi connectivity index (χ0) is 12.3. The first-order valence-electron chi connectivity index (χ1n) is 6.28. The standard InChI is InChI=1S/C13H18ClN3/c1-3-5-6-7-12-15-13-9-10(4-2)8-11(14)17(13)16-12/h8-9H,3-7H2,1-2H3. The molecule has 0 N–H and O–H groups in total. The number of unbranched alkanes of at least 4 members (excludes halogenated alkanes) is 2. The molecule has 2 heterocycles. The molecule has 0 spiro atoms. The number of aromatic nitrogens is 3. The Hall–Kier alpha value is -1.09. The van der Waals surface area contributed by atoms with Crippen LogP contribution in [0.25, 0.3) is 5.65 Å². The lowest BCUT2D eigenvalue weighted by Crippen LogP contribution is -1.93. The second-order valence-electron chi connectivity index (χ2n) is 4.30. The van der Waals surface area contributed by atoms with E-state index in [9.17, 15) is 0 Å². The molecule has 0 radical (unpaired) electrons. The number of aryl methyl sites for hydroxylation is 2. The van der Waals surface area contributed by atoms with Gasteiger partial charge >= 0.3 is 0 Å². The van der Waals surface area contributed by atoms with E-state index in [1.165, 1.54) is 18.4 Å². The summed E-state index contributed by atoms with van der Waals surface area (Å²) in [5.74, 6) is 0.897. The van der Waals surface area contributed by atoms with Crippen LogP contribution in [-0.2, 0) is 12.8 Å². The van der Waals surface area contributed by atoms with Crippen molar-refractivity contribution in [1.82, 2.24) is 14.6 Å². The van der Waals surface area contributed by atoms with E-state index in [2.05, 4.69) is 30.0 Å². The lowest BCUT2D eigenvalue weighted by molar-refractivity contribution is 0.692. The molecule has 3 nitrogen and oxygen atoms in total. The topological polar surface area (TPSA) is 30.2 Å². The van der Waals surface area contributed by atoms with E-state index in [1.54, 1.807) is 4.52 Å². The van der Waals surface area contributed by atoms with Crippen LogP contribution in [0, 0.1) is 0 Å². The van der Waals surface area contributed by atoms with Gasteiger partial charge in [-0.2, -0.15) is 0 Å². The van der Waals surface area contributed by atoms with E-state index < -0.39 is 0 Å². The Kier molecular flexibility index (Phi) is 4.00. The highest BCUT2D eigenvalue weighted by atomic mass is 35.5. The summed E-state index contributed by atoms with van der Waals surface area (Å²) in [6.07, 6.45) is 5.49. The normalized spacial score (nSPS) is 11.2. The highest BCUT2D eigenvalue weighted by Gasteiger charge is 2.07. The number of hydrogen-bond acceptors (Lipinski definition) is 2. The molecule has 2 rings (SSSR count). The Labute approximate surface area is 107 Å². The molecule has 0 aliphatic heterocycles. The van der Waals surface area contributed by atoms with Gasteiger partial charge in [0.15, 0.2) is 11.5 Å². The molecule has 0 aromatic carbocycles. The molecule has 2 aromatic rings. The van der Waals surface area contributed by atoms with Crippen LogP contribution in [0.3, 0.4) is 0 Å². The summed E-state index contributed by atoms with van der Waals surface area (Å²) in [4.78, 5) is 4.52. The molecule has 92 valence electrons. The van der Waals surface area contributed by atoms with Gasteiger partial charge in [0.2, 0.25) is 0 Å². The van der Waals surface area contributed by atoms with Crippen LogP contribution in [0.5, 0.6) is 0 Å². The zero-order valence-electron chi connectivity index (χ0n) is 10.4. The number of pyridine rings is 1. The second-order valence-corrected chi connectivity index (χ2v) is 4.68. The van der Waals surface area contributed by atoms with Crippen molar-refractivity contribution in [1.29, 1.82) is 0 Å². The minimum atomic E-state index is 0.647. The molecule has 0 bridgehead atoms. The number of rotatable bonds is 5. The first-order chi connectivity index (χ1) is 8.24. The lowest BCUT2D eigenvalue weighted by atomic mass is 10.2. The maximum absolute atomic E-state index is 6.18.